The maximum atomic E-state index is 12.9. The Balaban J connectivity index is 1.94. The Kier molecular flexibility index (Phi) is 3.84. The standard InChI is InChI=1S/C15H22N2O2S/c1-2-14-5-3-4-8-17(14)20(18,19)15-7-6-12-10-16-11-13(12)9-15/h6-7,9,14,16H,2-5,8,10-11H2,1H3. The SMILES string of the molecule is CCC1CCCCN1S(=O)(=O)c1ccc2c(c1)CNC2. The van der Waals surface area contributed by atoms with Crippen molar-refractivity contribution in [3.05, 3.63) is 29.3 Å². The number of nitrogens with zero attached hydrogens (tertiary/aromatic N) is 1. The normalized spacial score (nSPS) is 23.8. The molecule has 3 rings (SSSR count). The fraction of sp³-hybridized carbons (Fsp3) is 0.600. The third-order valence-corrected chi connectivity index (χ3v) is 6.41. The lowest BCUT2D eigenvalue weighted by atomic mass is 10.0. The summed E-state index contributed by atoms with van der Waals surface area (Å²) in [5.74, 6) is 0. The fourth-order valence-corrected chi connectivity index (χ4v) is 5.08. The molecule has 0 bridgehead atoms. The molecule has 0 spiro atoms. The van der Waals surface area contributed by atoms with E-state index in [1.54, 1.807) is 10.4 Å². The minimum Gasteiger partial charge on any atom is -0.309 e. The molecule has 0 saturated carbocycles. The summed E-state index contributed by atoms with van der Waals surface area (Å²) in [7, 11) is -3.34. The van der Waals surface area contributed by atoms with Gasteiger partial charge < -0.3 is 5.32 Å². The van der Waals surface area contributed by atoms with Crippen molar-refractivity contribution in [2.24, 2.45) is 0 Å². The summed E-state index contributed by atoms with van der Waals surface area (Å²) in [4.78, 5) is 0.459. The first kappa shape index (κ1) is 14.0. The molecule has 1 aromatic carbocycles. The van der Waals surface area contributed by atoms with Crippen LogP contribution in [0.1, 0.15) is 43.7 Å². The lowest BCUT2D eigenvalue weighted by molar-refractivity contribution is 0.246. The Labute approximate surface area is 121 Å². The van der Waals surface area contributed by atoms with Gasteiger partial charge in [0.05, 0.1) is 4.90 Å². The Morgan fingerprint density at radius 2 is 2.05 bits per heavy atom. The summed E-state index contributed by atoms with van der Waals surface area (Å²) in [6.07, 6.45) is 3.99. The quantitative estimate of drug-likeness (QED) is 0.930. The largest absolute Gasteiger partial charge is 0.309 e. The number of rotatable bonds is 3. The molecule has 1 fully saturated rings. The summed E-state index contributed by atoms with van der Waals surface area (Å²) < 4.78 is 27.4. The van der Waals surface area contributed by atoms with Gasteiger partial charge in [0.25, 0.3) is 0 Å². The molecule has 110 valence electrons. The number of sulfonamides is 1. The van der Waals surface area contributed by atoms with Gasteiger partial charge in [0.1, 0.15) is 0 Å². The molecular weight excluding hydrogens is 272 g/mol. The van der Waals surface area contributed by atoms with Crippen molar-refractivity contribution in [2.75, 3.05) is 6.54 Å². The zero-order valence-electron chi connectivity index (χ0n) is 11.9. The van der Waals surface area contributed by atoms with E-state index in [-0.39, 0.29) is 6.04 Å². The molecule has 0 radical (unpaired) electrons. The third-order valence-electron chi connectivity index (χ3n) is 4.46. The van der Waals surface area contributed by atoms with Crippen molar-refractivity contribution in [1.29, 1.82) is 0 Å². The van der Waals surface area contributed by atoms with Crippen molar-refractivity contribution < 1.29 is 8.42 Å². The van der Waals surface area contributed by atoms with Gasteiger partial charge in [-0.25, -0.2) is 8.42 Å². The van der Waals surface area contributed by atoms with E-state index < -0.39 is 10.0 Å². The Morgan fingerprint density at radius 3 is 2.85 bits per heavy atom. The van der Waals surface area contributed by atoms with Crippen LogP contribution >= 0.6 is 0 Å². The van der Waals surface area contributed by atoms with E-state index in [0.717, 1.165) is 44.3 Å². The van der Waals surface area contributed by atoms with Crippen LogP contribution in [0.25, 0.3) is 0 Å². The van der Waals surface area contributed by atoms with E-state index in [0.29, 0.717) is 11.4 Å². The lowest BCUT2D eigenvalue weighted by Crippen LogP contribution is -2.43. The number of hydrogen-bond acceptors (Lipinski definition) is 3. The van der Waals surface area contributed by atoms with E-state index in [2.05, 4.69) is 12.2 Å². The molecule has 0 aliphatic carbocycles. The molecule has 20 heavy (non-hydrogen) atoms. The predicted octanol–water partition coefficient (Wildman–Crippen LogP) is 2.24. The molecule has 1 saturated heterocycles. The van der Waals surface area contributed by atoms with Gasteiger partial charge in [-0.05, 0) is 42.5 Å². The average Bonchev–Trinajstić information content (AvgIpc) is 2.94. The van der Waals surface area contributed by atoms with Crippen molar-refractivity contribution in [3.63, 3.8) is 0 Å². The monoisotopic (exact) mass is 294 g/mol. The van der Waals surface area contributed by atoms with Gasteiger partial charge >= 0.3 is 0 Å². The van der Waals surface area contributed by atoms with Crippen LogP contribution in [0.15, 0.2) is 23.1 Å². The second-order valence-electron chi connectivity index (χ2n) is 5.71. The lowest BCUT2D eigenvalue weighted by Gasteiger charge is -2.34. The fourth-order valence-electron chi connectivity index (χ4n) is 3.27. The van der Waals surface area contributed by atoms with Crippen LogP contribution in [-0.2, 0) is 23.1 Å². The molecule has 1 aromatic rings. The minimum absolute atomic E-state index is 0.167. The molecular formula is C15H22N2O2S. The summed E-state index contributed by atoms with van der Waals surface area (Å²) in [6, 6.07) is 5.74. The van der Waals surface area contributed by atoms with Crippen LogP contribution in [0.3, 0.4) is 0 Å². The maximum Gasteiger partial charge on any atom is 0.243 e. The Hall–Kier alpha value is -0.910. The van der Waals surface area contributed by atoms with Crippen LogP contribution in [0.5, 0.6) is 0 Å². The van der Waals surface area contributed by atoms with Gasteiger partial charge in [-0.2, -0.15) is 4.31 Å². The molecule has 2 aliphatic heterocycles. The molecule has 2 aliphatic rings. The molecule has 1 unspecified atom stereocenters. The molecule has 5 heteroatoms. The van der Waals surface area contributed by atoms with Crippen LogP contribution in [0.4, 0.5) is 0 Å². The van der Waals surface area contributed by atoms with E-state index in [9.17, 15) is 8.42 Å². The average molecular weight is 294 g/mol. The van der Waals surface area contributed by atoms with Gasteiger partial charge in [0.2, 0.25) is 10.0 Å². The number of piperidine rings is 1. The van der Waals surface area contributed by atoms with Crippen LogP contribution in [0.2, 0.25) is 0 Å². The molecule has 2 heterocycles. The highest BCUT2D eigenvalue weighted by molar-refractivity contribution is 7.89. The summed E-state index contributed by atoms with van der Waals surface area (Å²) in [5.41, 5.74) is 2.34. The smallest absolute Gasteiger partial charge is 0.243 e. The van der Waals surface area contributed by atoms with Crippen molar-refractivity contribution >= 4 is 10.0 Å². The topological polar surface area (TPSA) is 49.4 Å². The summed E-state index contributed by atoms with van der Waals surface area (Å²) in [5, 5.41) is 3.26. The first-order valence-electron chi connectivity index (χ1n) is 7.47. The van der Waals surface area contributed by atoms with E-state index in [4.69, 9.17) is 0 Å². The predicted molar refractivity (Wildman–Crippen MR) is 78.8 cm³/mol. The number of nitrogens with one attached hydrogen (secondary N) is 1. The highest BCUT2D eigenvalue weighted by Gasteiger charge is 2.32. The minimum atomic E-state index is -3.34. The molecule has 1 N–H and O–H groups in total. The van der Waals surface area contributed by atoms with Crippen molar-refractivity contribution in [3.8, 4) is 0 Å². The van der Waals surface area contributed by atoms with Gasteiger partial charge in [-0.15, -0.1) is 0 Å². The summed E-state index contributed by atoms with van der Waals surface area (Å²) in [6.45, 7) is 4.36. The van der Waals surface area contributed by atoms with Gasteiger partial charge in [0.15, 0.2) is 0 Å². The number of fused-ring (bicyclic) bond motifs is 1. The number of hydrogen-bond donors (Lipinski definition) is 1. The van der Waals surface area contributed by atoms with Crippen LogP contribution in [-0.4, -0.2) is 25.3 Å². The van der Waals surface area contributed by atoms with Crippen LogP contribution in [0, 0.1) is 0 Å². The molecule has 0 aromatic heterocycles. The van der Waals surface area contributed by atoms with Crippen molar-refractivity contribution in [2.45, 2.75) is 56.6 Å². The summed E-state index contributed by atoms with van der Waals surface area (Å²) >= 11 is 0. The Bertz CT molecular complexity index is 598. The maximum absolute atomic E-state index is 12.9. The van der Waals surface area contributed by atoms with E-state index >= 15 is 0 Å². The van der Waals surface area contributed by atoms with Gasteiger partial charge in [-0.3, -0.25) is 0 Å². The highest BCUT2D eigenvalue weighted by atomic mass is 32.2. The zero-order chi connectivity index (χ0) is 14.2. The van der Waals surface area contributed by atoms with Gasteiger partial charge in [-0.1, -0.05) is 19.4 Å². The first-order chi connectivity index (χ1) is 9.63. The van der Waals surface area contributed by atoms with Crippen molar-refractivity contribution in [1.82, 2.24) is 9.62 Å². The van der Waals surface area contributed by atoms with Crippen LogP contribution < -0.4 is 5.32 Å². The van der Waals surface area contributed by atoms with E-state index in [1.807, 2.05) is 12.1 Å². The van der Waals surface area contributed by atoms with E-state index in [1.165, 1.54) is 5.56 Å². The number of benzene rings is 1. The molecule has 0 amide bonds. The highest BCUT2D eigenvalue weighted by Crippen LogP contribution is 2.28. The molecule has 4 nitrogen and oxygen atoms in total. The Morgan fingerprint density at radius 1 is 1.25 bits per heavy atom. The second kappa shape index (κ2) is 5.47. The second-order valence-corrected chi connectivity index (χ2v) is 7.60. The zero-order valence-corrected chi connectivity index (χ0v) is 12.7. The van der Waals surface area contributed by atoms with Gasteiger partial charge in [0, 0.05) is 25.7 Å². The molecule has 1 atom stereocenters. The first-order valence-corrected chi connectivity index (χ1v) is 8.91. The third kappa shape index (κ3) is 2.38.